The van der Waals surface area contributed by atoms with Crippen LogP contribution >= 0.6 is 0 Å². The van der Waals surface area contributed by atoms with Crippen molar-refractivity contribution in [1.82, 2.24) is 24.9 Å². The Morgan fingerprint density at radius 3 is 2.65 bits per heavy atom. The van der Waals surface area contributed by atoms with Gasteiger partial charge in [0, 0.05) is 17.5 Å². The van der Waals surface area contributed by atoms with Crippen LogP contribution in [0.25, 0.3) is 22.4 Å². The van der Waals surface area contributed by atoms with E-state index in [-0.39, 0.29) is 24.1 Å². The molecule has 4 aromatic rings. The summed E-state index contributed by atoms with van der Waals surface area (Å²) in [7, 11) is 0. The molecule has 1 aromatic carbocycles. The van der Waals surface area contributed by atoms with E-state index in [1.165, 1.54) is 12.4 Å². The van der Waals surface area contributed by atoms with Crippen molar-refractivity contribution < 1.29 is 13.5 Å². The summed E-state index contributed by atoms with van der Waals surface area (Å²) < 4.78 is 33.1. The molecule has 0 saturated heterocycles. The van der Waals surface area contributed by atoms with Crippen LogP contribution in [0.3, 0.4) is 0 Å². The molecule has 0 saturated carbocycles. The number of benzene rings is 1. The zero-order chi connectivity index (χ0) is 24.2. The van der Waals surface area contributed by atoms with E-state index < -0.39 is 6.43 Å². The fourth-order valence-electron chi connectivity index (χ4n) is 3.53. The second-order valence-electron chi connectivity index (χ2n) is 7.41. The molecule has 4 rings (SSSR count). The number of aryl methyl sites for hydroxylation is 1. The number of nitrogen functional groups attached to an aromatic ring is 1. The summed E-state index contributed by atoms with van der Waals surface area (Å²) in [6.45, 7) is 3.43. The van der Waals surface area contributed by atoms with Gasteiger partial charge in [-0.3, -0.25) is 4.98 Å². The minimum Gasteiger partial charge on any atom is -0.471 e. The van der Waals surface area contributed by atoms with Crippen LogP contribution in [-0.4, -0.2) is 24.9 Å². The Bertz CT molecular complexity index is 1390. The van der Waals surface area contributed by atoms with Gasteiger partial charge in [-0.15, -0.1) is 0 Å². The second-order valence-corrected chi connectivity index (χ2v) is 7.41. The first kappa shape index (κ1) is 22.7. The molecule has 3 heterocycles. The number of ether oxygens (including phenoxy) is 1. The largest absolute Gasteiger partial charge is 0.471 e. The van der Waals surface area contributed by atoms with Gasteiger partial charge in [0.2, 0.25) is 11.8 Å². The third-order valence-electron chi connectivity index (χ3n) is 5.09. The van der Waals surface area contributed by atoms with Crippen molar-refractivity contribution in [3.63, 3.8) is 0 Å². The topological polar surface area (TPSA) is 123 Å². The smallest absolute Gasteiger partial charge is 0.280 e. The van der Waals surface area contributed by atoms with E-state index >= 15 is 0 Å². The molecule has 0 fully saturated rings. The SMILES string of the molecule is Cc1cc(-c2c(OCc3ccncn3)nc(N)nc2-c2cccc(C#N)c2C)cc(C(F)F)n1. The fraction of sp³-hybridized carbons (Fsp3) is 0.167. The van der Waals surface area contributed by atoms with Crippen molar-refractivity contribution in [3.8, 4) is 34.3 Å². The fourth-order valence-corrected chi connectivity index (χ4v) is 3.53. The quantitative estimate of drug-likeness (QED) is 0.444. The van der Waals surface area contributed by atoms with Gasteiger partial charge in [-0.25, -0.2) is 23.7 Å². The van der Waals surface area contributed by atoms with Crippen LogP contribution in [0.5, 0.6) is 5.88 Å². The van der Waals surface area contributed by atoms with E-state index in [4.69, 9.17) is 10.5 Å². The average Bonchev–Trinajstić information content (AvgIpc) is 2.82. The van der Waals surface area contributed by atoms with Gasteiger partial charge in [0.05, 0.1) is 28.6 Å². The predicted octanol–water partition coefficient (Wildman–Crippen LogP) is 4.58. The lowest BCUT2D eigenvalue weighted by Crippen LogP contribution is -2.07. The normalized spacial score (nSPS) is 10.8. The highest BCUT2D eigenvalue weighted by Crippen LogP contribution is 2.40. The van der Waals surface area contributed by atoms with Crippen molar-refractivity contribution in [2.45, 2.75) is 26.9 Å². The van der Waals surface area contributed by atoms with Crippen LogP contribution in [-0.2, 0) is 6.61 Å². The van der Waals surface area contributed by atoms with Crippen molar-refractivity contribution in [3.05, 3.63) is 77.1 Å². The maximum absolute atomic E-state index is 13.6. The zero-order valence-corrected chi connectivity index (χ0v) is 18.3. The molecular weight excluding hydrogens is 440 g/mol. The van der Waals surface area contributed by atoms with Gasteiger partial charge in [-0.05, 0) is 49.2 Å². The number of nitrogens with two attached hydrogens (primary N) is 1. The number of hydrogen-bond donors (Lipinski definition) is 1. The molecule has 0 atom stereocenters. The third-order valence-corrected chi connectivity index (χ3v) is 5.09. The first-order valence-electron chi connectivity index (χ1n) is 10.2. The average molecular weight is 459 g/mol. The Labute approximate surface area is 194 Å². The van der Waals surface area contributed by atoms with E-state index in [0.717, 1.165) is 0 Å². The number of hydrogen-bond acceptors (Lipinski definition) is 8. The first-order chi connectivity index (χ1) is 16.4. The summed E-state index contributed by atoms with van der Waals surface area (Å²) in [6, 6.07) is 11.9. The molecule has 8 nitrogen and oxygen atoms in total. The molecule has 170 valence electrons. The molecule has 0 amide bonds. The Morgan fingerprint density at radius 2 is 1.94 bits per heavy atom. The van der Waals surface area contributed by atoms with Crippen LogP contribution in [0.2, 0.25) is 0 Å². The highest BCUT2D eigenvalue weighted by atomic mass is 19.3. The molecule has 10 heteroatoms. The number of nitriles is 1. The standard InChI is InChI=1S/C24H19F2N7O/c1-13-8-16(9-19(31-13)22(25)26)20-21(18-5-3-4-15(10-27)14(18)2)32-24(28)33-23(20)34-11-17-6-7-29-12-30-17/h3-9,12,22H,11H2,1-2H3,(H2,28,32,33). The van der Waals surface area contributed by atoms with Gasteiger partial charge >= 0.3 is 0 Å². The molecule has 0 spiro atoms. The number of rotatable bonds is 6. The highest BCUT2D eigenvalue weighted by Gasteiger charge is 2.23. The van der Waals surface area contributed by atoms with Crippen LogP contribution in [0.4, 0.5) is 14.7 Å². The minimum absolute atomic E-state index is 0.0361. The van der Waals surface area contributed by atoms with Crippen molar-refractivity contribution in [2.24, 2.45) is 0 Å². The lowest BCUT2D eigenvalue weighted by atomic mass is 9.94. The van der Waals surface area contributed by atoms with Crippen molar-refractivity contribution in [2.75, 3.05) is 5.73 Å². The molecule has 34 heavy (non-hydrogen) atoms. The number of aromatic nitrogens is 5. The highest BCUT2D eigenvalue weighted by molar-refractivity contribution is 5.86. The van der Waals surface area contributed by atoms with Crippen LogP contribution in [0.1, 0.15) is 34.6 Å². The Balaban J connectivity index is 1.97. The third kappa shape index (κ3) is 4.63. The van der Waals surface area contributed by atoms with Crippen molar-refractivity contribution in [1.29, 1.82) is 5.26 Å². The Hall–Kier alpha value is -4.52. The molecule has 2 N–H and O–H groups in total. The zero-order valence-electron chi connectivity index (χ0n) is 18.3. The minimum atomic E-state index is -2.77. The molecule has 0 aliphatic carbocycles. The number of anilines is 1. The number of alkyl halides is 2. The Morgan fingerprint density at radius 1 is 1.12 bits per heavy atom. The Kier molecular flexibility index (Phi) is 6.36. The first-order valence-corrected chi connectivity index (χ1v) is 10.2. The van der Waals surface area contributed by atoms with Gasteiger partial charge in [-0.1, -0.05) is 12.1 Å². The lowest BCUT2D eigenvalue weighted by Gasteiger charge is -2.17. The molecule has 3 aromatic heterocycles. The van der Waals surface area contributed by atoms with E-state index in [2.05, 4.69) is 31.0 Å². The maximum atomic E-state index is 13.6. The summed E-state index contributed by atoms with van der Waals surface area (Å²) >= 11 is 0. The summed E-state index contributed by atoms with van der Waals surface area (Å²) in [5, 5.41) is 9.49. The molecular formula is C24H19F2N7O. The monoisotopic (exact) mass is 459 g/mol. The molecule has 0 bridgehead atoms. The number of pyridine rings is 1. The number of nitrogens with zero attached hydrogens (tertiary/aromatic N) is 6. The summed E-state index contributed by atoms with van der Waals surface area (Å²) in [4.78, 5) is 20.6. The summed E-state index contributed by atoms with van der Waals surface area (Å²) in [5.74, 6) is 0.0201. The lowest BCUT2D eigenvalue weighted by molar-refractivity contribution is 0.146. The molecule has 0 aliphatic rings. The van der Waals surface area contributed by atoms with Gasteiger partial charge < -0.3 is 10.5 Å². The van der Waals surface area contributed by atoms with Gasteiger partial charge in [0.25, 0.3) is 6.43 Å². The predicted molar refractivity (Wildman–Crippen MR) is 121 cm³/mol. The molecule has 0 aliphatic heterocycles. The van der Waals surface area contributed by atoms with E-state index in [9.17, 15) is 14.0 Å². The van der Waals surface area contributed by atoms with E-state index in [0.29, 0.717) is 44.9 Å². The number of halogens is 2. The second kappa shape index (κ2) is 9.54. The van der Waals surface area contributed by atoms with Gasteiger partial charge in [0.1, 0.15) is 18.6 Å². The van der Waals surface area contributed by atoms with Gasteiger partial charge in [-0.2, -0.15) is 10.2 Å². The molecule has 0 unspecified atom stereocenters. The van der Waals surface area contributed by atoms with Crippen LogP contribution < -0.4 is 10.5 Å². The molecule has 0 radical (unpaired) electrons. The summed E-state index contributed by atoms with van der Waals surface area (Å²) in [5.41, 5.74) is 9.40. The summed E-state index contributed by atoms with van der Waals surface area (Å²) in [6.07, 6.45) is 0.187. The van der Waals surface area contributed by atoms with E-state index in [1.54, 1.807) is 50.4 Å². The van der Waals surface area contributed by atoms with E-state index in [1.807, 2.05) is 0 Å². The van der Waals surface area contributed by atoms with Crippen LogP contribution in [0.15, 0.2) is 48.9 Å². The van der Waals surface area contributed by atoms with Crippen molar-refractivity contribution >= 4 is 5.95 Å². The maximum Gasteiger partial charge on any atom is 0.280 e. The van der Waals surface area contributed by atoms with Crippen LogP contribution in [0, 0.1) is 25.2 Å². The van der Waals surface area contributed by atoms with Gasteiger partial charge in [0.15, 0.2) is 0 Å².